The van der Waals surface area contributed by atoms with Crippen molar-refractivity contribution in [2.45, 2.75) is 32.6 Å². The average molecular weight is 202 g/mol. The zero-order valence-electron chi connectivity index (χ0n) is 8.51. The van der Waals surface area contributed by atoms with Crippen molar-refractivity contribution in [3.8, 4) is 0 Å². The van der Waals surface area contributed by atoms with Gasteiger partial charge in [-0.2, -0.15) is 0 Å². The van der Waals surface area contributed by atoms with Gasteiger partial charge in [-0.25, -0.2) is 4.79 Å². The van der Waals surface area contributed by atoms with Gasteiger partial charge in [0.25, 0.3) is 0 Å². The molecular weight excluding hydrogens is 184 g/mol. The molecular formula is C9H18N2O3. The Morgan fingerprint density at radius 3 is 2.43 bits per heavy atom. The molecule has 0 aromatic carbocycles. The number of hydrogen-bond acceptors (Lipinski definition) is 2. The van der Waals surface area contributed by atoms with E-state index in [4.69, 9.17) is 5.11 Å². The zero-order chi connectivity index (χ0) is 10.8. The van der Waals surface area contributed by atoms with Crippen molar-refractivity contribution in [1.82, 2.24) is 10.6 Å². The van der Waals surface area contributed by atoms with E-state index in [9.17, 15) is 9.59 Å². The molecule has 0 rings (SSSR count). The highest BCUT2D eigenvalue weighted by Gasteiger charge is 2.01. The third kappa shape index (κ3) is 8.83. The molecule has 3 N–H and O–H groups in total. The highest BCUT2D eigenvalue weighted by molar-refractivity contribution is 5.79. The molecule has 0 aromatic heterocycles. The SMILES string of the molecule is CCCCCCNC(=O)NCC(=O)O. The Morgan fingerprint density at radius 1 is 1.14 bits per heavy atom. The van der Waals surface area contributed by atoms with Gasteiger partial charge in [0.15, 0.2) is 0 Å². The number of carboxylic acid groups (broad SMARTS) is 1. The van der Waals surface area contributed by atoms with Gasteiger partial charge in [-0.15, -0.1) is 0 Å². The maximum absolute atomic E-state index is 10.9. The Morgan fingerprint density at radius 2 is 1.86 bits per heavy atom. The summed E-state index contributed by atoms with van der Waals surface area (Å²) in [6.07, 6.45) is 4.35. The van der Waals surface area contributed by atoms with Crippen LogP contribution >= 0.6 is 0 Å². The minimum absolute atomic E-state index is 0.333. The molecule has 0 unspecified atom stereocenters. The van der Waals surface area contributed by atoms with Crippen LogP contribution in [0.3, 0.4) is 0 Å². The van der Waals surface area contributed by atoms with Gasteiger partial charge < -0.3 is 15.7 Å². The van der Waals surface area contributed by atoms with Gasteiger partial charge in [0, 0.05) is 6.54 Å². The van der Waals surface area contributed by atoms with Crippen LogP contribution in [0.1, 0.15) is 32.6 Å². The van der Waals surface area contributed by atoms with E-state index in [-0.39, 0.29) is 6.54 Å². The van der Waals surface area contributed by atoms with Crippen molar-refractivity contribution < 1.29 is 14.7 Å². The summed E-state index contributed by atoms with van der Waals surface area (Å²) in [5.41, 5.74) is 0. The lowest BCUT2D eigenvalue weighted by molar-refractivity contribution is -0.135. The number of carboxylic acids is 1. The molecule has 0 aromatic rings. The number of aliphatic carboxylic acids is 1. The Hall–Kier alpha value is -1.26. The molecule has 0 atom stereocenters. The number of unbranched alkanes of at least 4 members (excludes halogenated alkanes) is 3. The lowest BCUT2D eigenvalue weighted by Crippen LogP contribution is -2.38. The van der Waals surface area contributed by atoms with Gasteiger partial charge in [0.1, 0.15) is 6.54 Å². The molecule has 14 heavy (non-hydrogen) atoms. The fourth-order valence-corrected chi connectivity index (χ4v) is 0.972. The van der Waals surface area contributed by atoms with Crippen LogP contribution in [-0.2, 0) is 4.79 Å². The normalized spacial score (nSPS) is 9.50. The quantitative estimate of drug-likeness (QED) is 0.538. The van der Waals surface area contributed by atoms with Gasteiger partial charge in [-0.05, 0) is 6.42 Å². The predicted molar refractivity (Wildman–Crippen MR) is 53.2 cm³/mol. The number of carbonyl (C=O) groups excluding carboxylic acids is 1. The lowest BCUT2D eigenvalue weighted by Gasteiger charge is -2.04. The summed E-state index contributed by atoms with van der Waals surface area (Å²) in [6.45, 7) is 2.39. The first-order chi connectivity index (χ1) is 6.66. The molecule has 5 heteroatoms. The van der Waals surface area contributed by atoms with Crippen molar-refractivity contribution in [3.05, 3.63) is 0 Å². The summed E-state index contributed by atoms with van der Waals surface area (Å²) in [5.74, 6) is -1.04. The first-order valence-corrected chi connectivity index (χ1v) is 4.90. The van der Waals surface area contributed by atoms with Crippen LogP contribution in [0.2, 0.25) is 0 Å². The van der Waals surface area contributed by atoms with Gasteiger partial charge in [-0.1, -0.05) is 26.2 Å². The fourth-order valence-electron chi connectivity index (χ4n) is 0.972. The Bertz CT molecular complexity index is 183. The number of amides is 2. The summed E-state index contributed by atoms with van der Waals surface area (Å²) in [6, 6.07) is -0.413. The number of hydrogen-bond donors (Lipinski definition) is 3. The van der Waals surface area contributed by atoms with E-state index >= 15 is 0 Å². The molecule has 0 aliphatic carbocycles. The molecule has 0 saturated heterocycles. The summed E-state index contributed by atoms with van der Waals surface area (Å²) >= 11 is 0. The van der Waals surface area contributed by atoms with E-state index in [1.54, 1.807) is 0 Å². The van der Waals surface area contributed by atoms with Crippen LogP contribution in [-0.4, -0.2) is 30.2 Å². The van der Waals surface area contributed by atoms with Gasteiger partial charge in [-0.3, -0.25) is 4.79 Å². The third-order valence-electron chi connectivity index (χ3n) is 1.72. The average Bonchev–Trinajstić information content (AvgIpc) is 2.14. The van der Waals surface area contributed by atoms with Gasteiger partial charge >= 0.3 is 12.0 Å². The van der Waals surface area contributed by atoms with E-state index in [0.717, 1.165) is 19.3 Å². The molecule has 5 nitrogen and oxygen atoms in total. The van der Waals surface area contributed by atoms with E-state index in [0.29, 0.717) is 6.54 Å². The van der Waals surface area contributed by atoms with Crippen LogP contribution in [0.15, 0.2) is 0 Å². The van der Waals surface area contributed by atoms with Crippen LogP contribution < -0.4 is 10.6 Å². The molecule has 0 spiro atoms. The molecule has 2 amide bonds. The van der Waals surface area contributed by atoms with Gasteiger partial charge in [0.2, 0.25) is 0 Å². The molecule has 0 fully saturated rings. The van der Waals surface area contributed by atoms with Crippen LogP contribution in [0.25, 0.3) is 0 Å². The largest absolute Gasteiger partial charge is 0.480 e. The maximum Gasteiger partial charge on any atom is 0.323 e. The minimum Gasteiger partial charge on any atom is -0.480 e. The van der Waals surface area contributed by atoms with Crippen molar-refractivity contribution in [3.63, 3.8) is 0 Å². The lowest BCUT2D eigenvalue weighted by atomic mass is 10.2. The number of carbonyl (C=O) groups is 2. The van der Waals surface area contributed by atoms with Crippen molar-refractivity contribution >= 4 is 12.0 Å². The van der Waals surface area contributed by atoms with Crippen LogP contribution in [0.5, 0.6) is 0 Å². The summed E-state index contributed by atoms with van der Waals surface area (Å²) in [4.78, 5) is 21.0. The first-order valence-electron chi connectivity index (χ1n) is 4.90. The van der Waals surface area contributed by atoms with E-state index in [2.05, 4.69) is 17.6 Å². The van der Waals surface area contributed by atoms with Crippen molar-refractivity contribution in [2.24, 2.45) is 0 Å². The molecule has 0 radical (unpaired) electrons. The fraction of sp³-hybridized carbons (Fsp3) is 0.778. The molecule has 0 aliphatic heterocycles. The van der Waals surface area contributed by atoms with E-state index in [1.165, 1.54) is 6.42 Å². The predicted octanol–water partition coefficient (Wildman–Crippen LogP) is 0.950. The summed E-state index contributed by atoms with van der Waals surface area (Å²) in [7, 11) is 0. The Balaban J connectivity index is 3.22. The standard InChI is InChI=1S/C9H18N2O3/c1-2-3-4-5-6-10-9(14)11-7-8(12)13/h2-7H2,1H3,(H,12,13)(H2,10,11,14). The first kappa shape index (κ1) is 12.7. The molecule has 0 aliphatic rings. The second-order valence-electron chi connectivity index (χ2n) is 3.06. The highest BCUT2D eigenvalue weighted by atomic mass is 16.4. The third-order valence-corrected chi connectivity index (χ3v) is 1.72. The number of urea groups is 1. The molecule has 82 valence electrons. The molecule has 0 heterocycles. The topological polar surface area (TPSA) is 78.4 Å². The zero-order valence-corrected chi connectivity index (χ0v) is 8.51. The van der Waals surface area contributed by atoms with Crippen LogP contribution in [0.4, 0.5) is 4.79 Å². The Labute approximate surface area is 83.9 Å². The summed E-state index contributed by atoms with van der Waals surface area (Å²) in [5, 5.41) is 13.1. The minimum atomic E-state index is -1.04. The van der Waals surface area contributed by atoms with E-state index in [1.807, 2.05) is 0 Å². The molecule has 0 bridgehead atoms. The molecule has 0 saturated carbocycles. The second-order valence-corrected chi connectivity index (χ2v) is 3.06. The van der Waals surface area contributed by atoms with Crippen molar-refractivity contribution in [1.29, 1.82) is 0 Å². The second kappa shape index (κ2) is 8.34. The number of rotatable bonds is 7. The smallest absolute Gasteiger partial charge is 0.323 e. The van der Waals surface area contributed by atoms with Crippen LogP contribution in [0, 0.1) is 0 Å². The highest BCUT2D eigenvalue weighted by Crippen LogP contribution is 1.96. The summed E-state index contributed by atoms with van der Waals surface area (Å²) < 4.78 is 0. The van der Waals surface area contributed by atoms with Gasteiger partial charge in [0.05, 0.1) is 0 Å². The maximum atomic E-state index is 10.9. The van der Waals surface area contributed by atoms with E-state index < -0.39 is 12.0 Å². The monoisotopic (exact) mass is 202 g/mol. The number of nitrogens with one attached hydrogen (secondary N) is 2. The van der Waals surface area contributed by atoms with Crippen molar-refractivity contribution in [2.75, 3.05) is 13.1 Å². The Kier molecular flexibility index (Phi) is 7.59.